The molecule has 1 heterocycles. The van der Waals surface area contributed by atoms with Gasteiger partial charge in [0, 0.05) is 31.1 Å². The Morgan fingerprint density at radius 3 is 2.92 bits per heavy atom. The Kier molecular flexibility index (Phi) is 4.70. The van der Waals surface area contributed by atoms with Crippen LogP contribution in [0.25, 0.3) is 0 Å². The van der Waals surface area contributed by atoms with Crippen LogP contribution in [-0.2, 0) is 11.2 Å². The van der Waals surface area contributed by atoms with E-state index in [-0.39, 0.29) is 0 Å². The predicted octanol–water partition coefficient (Wildman–Crippen LogP) is 1.55. The Morgan fingerprint density at radius 2 is 2.31 bits per heavy atom. The first kappa shape index (κ1) is 10.4. The standard InChI is InChI=1S/C8H15N3OS/c1-3-7-10-8(13-11-7)9-5-6-12-4-2/h3-6H2,1-2H3,(H,9,10,11). The third-order valence-corrected chi connectivity index (χ3v) is 2.22. The van der Waals surface area contributed by atoms with Crippen molar-refractivity contribution in [3.05, 3.63) is 5.82 Å². The van der Waals surface area contributed by atoms with Crippen LogP contribution in [0.15, 0.2) is 0 Å². The van der Waals surface area contributed by atoms with Crippen molar-refractivity contribution in [3.63, 3.8) is 0 Å². The second-order valence-corrected chi connectivity index (χ2v) is 3.24. The molecule has 0 amide bonds. The van der Waals surface area contributed by atoms with Gasteiger partial charge in [0.25, 0.3) is 0 Å². The predicted molar refractivity (Wildman–Crippen MR) is 54.3 cm³/mol. The van der Waals surface area contributed by atoms with Gasteiger partial charge in [-0.2, -0.15) is 4.37 Å². The zero-order chi connectivity index (χ0) is 9.52. The lowest BCUT2D eigenvalue weighted by molar-refractivity contribution is 0.158. The minimum atomic E-state index is 0.720. The van der Waals surface area contributed by atoms with Crippen molar-refractivity contribution < 1.29 is 4.74 Å². The molecule has 0 aromatic carbocycles. The van der Waals surface area contributed by atoms with Crippen LogP contribution < -0.4 is 5.32 Å². The summed E-state index contributed by atoms with van der Waals surface area (Å²) in [6.07, 6.45) is 0.892. The molecule has 0 atom stereocenters. The van der Waals surface area contributed by atoms with E-state index in [2.05, 4.69) is 14.7 Å². The summed E-state index contributed by atoms with van der Waals surface area (Å²) < 4.78 is 9.34. The highest BCUT2D eigenvalue weighted by Crippen LogP contribution is 2.10. The Balaban J connectivity index is 2.20. The van der Waals surface area contributed by atoms with Crippen LogP contribution in [0.5, 0.6) is 0 Å². The van der Waals surface area contributed by atoms with Crippen molar-refractivity contribution in [2.45, 2.75) is 20.3 Å². The lowest BCUT2D eigenvalue weighted by Crippen LogP contribution is -2.08. The summed E-state index contributed by atoms with van der Waals surface area (Å²) in [6.45, 7) is 6.31. The van der Waals surface area contributed by atoms with Crippen molar-refractivity contribution in [1.82, 2.24) is 9.36 Å². The fourth-order valence-electron chi connectivity index (χ4n) is 0.844. The van der Waals surface area contributed by atoms with Crippen LogP contribution in [0, 0.1) is 0 Å². The molecule has 0 spiro atoms. The molecule has 1 aromatic rings. The molecule has 0 aliphatic rings. The lowest BCUT2D eigenvalue weighted by atomic mass is 10.5. The fraction of sp³-hybridized carbons (Fsp3) is 0.750. The Bertz CT molecular complexity index is 239. The summed E-state index contributed by atoms with van der Waals surface area (Å²) in [5.41, 5.74) is 0. The number of anilines is 1. The van der Waals surface area contributed by atoms with Crippen molar-refractivity contribution >= 4 is 16.7 Å². The van der Waals surface area contributed by atoms with Crippen molar-refractivity contribution in [1.29, 1.82) is 0 Å². The third-order valence-electron chi connectivity index (χ3n) is 1.51. The van der Waals surface area contributed by atoms with Crippen molar-refractivity contribution in [2.24, 2.45) is 0 Å². The lowest BCUT2D eigenvalue weighted by Gasteiger charge is -2.00. The number of nitrogens with one attached hydrogen (secondary N) is 1. The van der Waals surface area contributed by atoms with Crippen LogP contribution in [0.3, 0.4) is 0 Å². The average Bonchev–Trinajstić information content (AvgIpc) is 2.60. The molecule has 0 radical (unpaired) electrons. The van der Waals surface area contributed by atoms with E-state index in [1.807, 2.05) is 13.8 Å². The van der Waals surface area contributed by atoms with Crippen LogP contribution >= 0.6 is 11.5 Å². The Labute approximate surface area is 82.5 Å². The average molecular weight is 201 g/mol. The van der Waals surface area contributed by atoms with E-state index >= 15 is 0 Å². The van der Waals surface area contributed by atoms with Gasteiger partial charge in [-0.05, 0) is 6.92 Å². The van der Waals surface area contributed by atoms with Crippen molar-refractivity contribution in [2.75, 3.05) is 25.1 Å². The summed E-state index contributed by atoms with van der Waals surface area (Å²) in [6, 6.07) is 0. The molecule has 0 aliphatic carbocycles. The minimum absolute atomic E-state index is 0.720. The molecule has 0 bridgehead atoms. The summed E-state index contributed by atoms with van der Waals surface area (Å²) in [7, 11) is 0. The maximum Gasteiger partial charge on any atom is 0.202 e. The van der Waals surface area contributed by atoms with E-state index in [9.17, 15) is 0 Å². The number of nitrogens with zero attached hydrogens (tertiary/aromatic N) is 2. The second kappa shape index (κ2) is 5.88. The highest BCUT2D eigenvalue weighted by atomic mass is 32.1. The zero-order valence-electron chi connectivity index (χ0n) is 8.04. The molecule has 0 fully saturated rings. The molecule has 5 heteroatoms. The van der Waals surface area contributed by atoms with Crippen LogP contribution in [0.1, 0.15) is 19.7 Å². The zero-order valence-corrected chi connectivity index (χ0v) is 8.86. The molecule has 4 nitrogen and oxygen atoms in total. The number of rotatable bonds is 6. The van der Waals surface area contributed by atoms with E-state index in [0.29, 0.717) is 0 Å². The van der Waals surface area contributed by atoms with Gasteiger partial charge in [-0.1, -0.05) is 6.92 Å². The second-order valence-electron chi connectivity index (χ2n) is 2.49. The smallest absolute Gasteiger partial charge is 0.202 e. The maximum atomic E-state index is 5.18. The summed E-state index contributed by atoms with van der Waals surface area (Å²) in [5, 5.41) is 4.04. The summed E-state index contributed by atoms with van der Waals surface area (Å²) >= 11 is 1.40. The maximum absolute atomic E-state index is 5.18. The van der Waals surface area contributed by atoms with E-state index in [1.165, 1.54) is 11.5 Å². The van der Waals surface area contributed by atoms with Gasteiger partial charge in [0.1, 0.15) is 5.82 Å². The first-order valence-corrected chi connectivity index (χ1v) is 5.28. The van der Waals surface area contributed by atoms with Crippen molar-refractivity contribution in [3.8, 4) is 0 Å². The topological polar surface area (TPSA) is 47.0 Å². The number of aryl methyl sites for hydroxylation is 1. The van der Waals surface area contributed by atoms with Gasteiger partial charge in [-0.3, -0.25) is 0 Å². The van der Waals surface area contributed by atoms with E-state index in [0.717, 1.165) is 37.1 Å². The van der Waals surface area contributed by atoms with Crippen LogP contribution in [-0.4, -0.2) is 29.1 Å². The fourth-order valence-corrected chi connectivity index (χ4v) is 1.52. The van der Waals surface area contributed by atoms with Gasteiger partial charge in [-0.25, -0.2) is 4.98 Å². The molecular weight excluding hydrogens is 186 g/mol. The molecule has 1 aromatic heterocycles. The molecule has 74 valence electrons. The summed E-state index contributed by atoms with van der Waals surface area (Å²) in [5.74, 6) is 0.906. The number of hydrogen-bond donors (Lipinski definition) is 1. The Morgan fingerprint density at radius 1 is 1.46 bits per heavy atom. The molecule has 13 heavy (non-hydrogen) atoms. The van der Waals surface area contributed by atoms with Gasteiger partial charge in [0.05, 0.1) is 6.61 Å². The quantitative estimate of drug-likeness (QED) is 0.709. The van der Waals surface area contributed by atoms with Gasteiger partial charge in [-0.15, -0.1) is 0 Å². The third kappa shape index (κ3) is 3.69. The highest BCUT2D eigenvalue weighted by Gasteiger charge is 1.99. The largest absolute Gasteiger partial charge is 0.380 e. The molecule has 0 aliphatic heterocycles. The van der Waals surface area contributed by atoms with Gasteiger partial charge >= 0.3 is 0 Å². The monoisotopic (exact) mass is 201 g/mol. The SMILES string of the molecule is CCOCCNc1nc(CC)ns1. The first-order chi connectivity index (χ1) is 6.36. The van der Waals surface area contributed by atoms with Crippen LogP contribution in [0.4, 0.5) is 5.13 Å². The van der Waals surface area contributed by atoms with E-state index in [4.69, 9.17) is 4.74 Å². The highest BCUT2D eigenvalue weighted by molar-refractivity contribution is 7.09. The Hall–Kier alpha value is -0.680. The number of hydrogen-bond acceptors (Lipinski definition) is 5. The molecular formula is C8H15N3OS. The van der Waals surface area contributed by atoms with Gasteiger partial charge in [0.2, 0.25) is 5.13 Å². The molecule has 1 rings (SSSR count). The van der Waals surface area contributed by atoms with Gasteiger partial charge < -0.3 is 10.1 Å². The minimum Gasteiger partial charge on any atom is -0.380 e. The molecule has 1 N–H and O–H groups in total. The van der Waals surface area contributed by atoms with Crippen LogP contribution in [0.2, 0.25) is 0 Å². The normalized spacial score (nSPS) is 10.3. The number of ether oxygens (including phenoxy) is 1. The van der Waals surface area contributed by atoms with E-state index in [1.54, 1.807) is 0 Å². The van der Waals surface area contributed by atoms with Gasteiger partial charge in [0.15, 0.2) is 0 Å². The molecule has 0 saturated heterocycles. The number of aromatic nitrogens is 2. The molecule has 0 saturated carbocycles. The molecule has 0 unspecified atom stereocenters. The van der Waals surface area contributed by atoms with E-state index < -0.39 is 0 Å². The summed E-state index contributed by atoms with van der Waals surface area (Å²) in [4.78, 5) is 4.27. The first-order valence-electron chi connectivity index (χ1n) is 4.51.